The zero-order chi connectivity index (χ0) is 10.7. The first kappa shape index (κ1) is 10.1. The van der Waals surface area contributed by atoms with Crippen LogP contribution in [0.2, 0.25) is 0 Å². The van der Waals surface area contributed by atoms with Gasteiger partial charge in [0, 0.05) is 13.5 Å². The van der Waals surface area contributed by atoms with E-state index in [1.54, 1.807) is 4.68 Å². The average molecular weight is 219 g/mol. The molecule has 0 radical (unpaired) electrons. The fourth-order valence-corrected chi connectivity index (χ4v) is 1.63. The van der Waals surface area contributed by atoms with Gasteiger partial charge in [0.2, 0.25) is 4.77 Å². The van der Waals surface area contributed by atoms with Crippen LogP contribution in [0.5, 0.6) is 0 Å². The van der Waals surface area contributed by atoms with Crippen molar-refractivity contribution in [3.63, 3.8) is 0 Å². The van der Waals surface area contributed by atoms with E-state index in [0.717, 1.165) is 18.7 Å². The highest BCUT2D eigenvalue weighted by molar-refractivity contribution is 7.71. The summed E-state index contributed by atoms with van der Waals surface area (Å²) in [5.41, 5.74) is 1.32. The molecule has 0 spiro atoms. The Balaban J connectivity index is 2.02. The Morgan fingerprint density at radius 3 is 2.60 bits per heavy atom. The van der Waals surface area contributed by atoms with Crippen LogP contribution in [0.1, 0.15) is 11.4 Å². The van der Waals surface area contributed by atoms with Gasteiger partial charge in [-0.2, -0.15) is 0 Å². The fraction of sp³-hybridized carbons (Fsp3) is 0.273. The molecule has 0 amide bonds. The van der Waals surface area contributed by atoms with Crippen LogP contribution >= 0.6 is 12.2 Å². The van der Waals surface area contributed by atoms with Gasteiger partial charge >= 0.3 is 0 Å². The monoisotopic (exact) mass is 219 g/mol. The Kier molecular flexibility index (Phi) is 2.97. The largest absolute Gasteiger partial charge is 0.283 e. The minimum absolute atomic E-state index is 0.609. The van der Waals surface area contributed by atoms with Gasteiger partial charge in [-0.15, -0.1) is 0 Å². The number of rotatable bonds is 3. The van der Waals surface area contributed by atoms with Crippen molar-refractivity contribution in [3.8, 4) is 0 Å². The molecule has 0 fully saturated rings. The molecular formula is C11H13N3S. The van der Waals surface area contributed by atoms with Gasteiger partial charge in [-0.25, -0.2) is 4.98 Å². The lowest BCUT2D eigenvalue weighted by Gasteiger charge is -1.97. The zero-order valence-corrected chi connectivity index (χ0v) is 9.42. The predicted molar refractivity (Wildman–Crippen MR) is 62.2 cm³/mol. The van der Waals surface area contributed by atoms with Gasteiger partial charge in [-0.05, 0) is 24.2 Å². The lowest BCUT2D eigenvalue weighted by atomic mass is 10.1. The molecule has 2 rings (SSSR count). The van der Waals surface area contributed by atoms with E-state index in [0.29, 0.717) is 4.77 Å². The van der Waals surface area contributed by atoms with Crippen LogP contribution in [0.4, 0.5) is 0 Å². The van der Waals surface area contributed by atoms with E-state index in [-0.39, 0.29) is 0 Å². The molecule has 0 aliphatic heterocycles. The van der Waals surface area contributed by atoms with Crippen molar-refractivity contribution in [2.75, 3.05) is 0 Å². The van der Waals surface area contributed by atoms with Gasteiger partial charge in [0.15, 0.2) is 0 Å². The fourth-order valence-electron chi connectivity index (χ4n) is 1.48. The number of nitrogens with one attached hydrogen (secondary N) is 1. The van der Waals surface area contributed by atoms with Crippen LogP contribution in [0.3, 0.4) is 0 Å². The molecule has 0 unspecified atom stereocenters. The van der Waals surface area contributed by atoms with E-state index >= 15 is 0 Å². The first-order valence-electron chi connectivity index (χ1n) is 4.91. The SMILES string of the molecule is Cn1[nH]c(CCc2ccccc2)nc1=S. The molecule has 0 saturated carbocycles. The number of hydrogen-bond acceptors (Lipinski definition) is 2. The van der Waals surface area contributed by atoms with Crippen molar-refractivity contribution in [3.05, 3.63) is 46.5 Å². The highest BCUT2D eigenvalue weighted by Crippen LogP contribution is 2.03. The Bertz CT molecular complexity index is 484. The Morgan fingerprint density at radius 2 is 2.00 bits per heavy atom. The number of nitrogens with zero attached hydrogens (tertiary/aromatic N) is 2. The van der Waals surface area contributed by atoms with Crippen molar-refractivity contribution in [1.29, 1.82) is 0 Å². The number of benzene rings is 1. The van der Waals surface area contributed by atoms with Crippen LogP contribution in [-0.4, -0.2) is 14.8 Å². The second-order valence-corrected chi connectivity index (χ2v) is 3.86. The Hall–Kier alpha value is -1.42. The van der Waals surface area contributed by atoms with E-state index in [4.69, 9.17) is 12.2 Å². The molecule has 0 atom stereocenters. The summed E-state index contributed by atoms with van der Waals surface area (Å²) in [5, 5.41) is 3.12. The van der Waals surface area contributed by atoms with Gasteiger partial charge in [0.1, 0.15) is 5.82 Å². The number of aryl methyl sites for hydroxylation is 3. The molecule has 0 saturated heterocycles. The Labute approximate surface area is 93.8 Å². The third-order valence-corrected chi connectivity index (χ3v) is 2.67. The summed E-state index contributed by atoms with van der Waals surface area (Å²) in [6, 6.07) is 10.4. The minimum atomic E-state index is 0.609. The molecule has 0 aliphatic rings. The molecule has 15 heavy (non-hydrogen) atoms. The summed E-state index contributed by atoms with van der Waals surface area (Å²) in [4.78, 5) is 4.25. The van der Waals surface area contributed by atoms with E-state index < -0.39 is 0 Å². The number of aromatic nitrogens is 3. The highest BCUT2D eigenvalue weighted by atomic mass is 32.1. The maximum atomic E-state index is 5.03. The van der Waals surface area contributed by atoms with Gasteiger partial charge < -0.3 is 0 Å². The number of hydrogen-bond donors (Lipinski definition) is 1. The number of H-pyrrole nitrogens is 1. The number of aromatic amines is 1. The van der Waals surface area contributed by atoms with Gasteiger partial charge in [0.05, 0.1) is 0 Å². The summed E-state index contributed by atoms with van der Waals surface area (Å²) in [7, 11) is 1.88. The molecular weight excluding hydrogens is 206 g/mol. The second kappa shape index (κ2) is 4.40. The first-order valence-corrected chi connectivity index (χ1v) is 5.32. The Morgan fingerprint density at radius 1 is 1.27 bits per heavy atom. The molecule has 3 nitrogen and oxygen atoms in total. The minimum Gasteiger partial charge on any atom is -0.283 e. The molecule has 78 valence electrons. The van der Waals surface area contributed by atoms with Gasteiger partial charge in [0.25, 0.3) is 0 Å². The predicted octanol–water partition coefficient (Wildman–Crippen LogP) is 2.26. The standard InChI is InChI=1S/C11H13N3S/c1-14-11(15)12-10(13-14)8-7-9-5-3-2-4-6-9/h2-6H,7-8H2,1H3,(H,12,13,15). The quantitative estimate of drug-likeness (QED) is 0.803. The van der Waals surface area contributed by atoms with Crippen molar-refractivity contribution in [1.82, 2.24) is 14.8 Å². The van der Waals surface area contributed by atoms with Crippen LogP contribution in [0.15, 0.2) is 30.3 Å². The van der Waals surface area contributed by atoms with Crippen LogP contribution in [-0.2, 0) is 19.9 Å². The van der Waals surface area contributed by atoms with Crippen LogP contribution in [0.25, 0.3) is 0 Å². The van der Waals surface area contributed by atoms with E-state index in [9.17, 15) is 0 Å². The maximum Gasteiger partial charge on any atom is 0.215 e. The lowest BCUT2D eigenvalue weighted by molar-refractivity contribution is 0.729. The van der Waals surface area contributed by atoms with Gasteiger partial charge in [-0.1, -0.05) is 30.3 Å². The molecule has 2 aromatic rings. The summed E-state index contributed by atoms with van der Waals surface area (Å²) >= 11 is 5.03. The van der Waals surface area contributed by atoms with E-state index in [1.165, 1.54) is 5.56 Å². The van der Waals surface area contributed by atoms with Crippen molar-refractivity contribution >= 4 is 12.2 Å². The smallest absolute Gasteiger partial charge is 0.215 e. The molecule has 4 heteroatoms. The summed E-state index contributed by atoms with van der Waals surface area (Å²) in [6.45, 7) is 0. The third-order valence-electron chi connectivity index (χ3n) is 2.31. The molecule has 1 aromatic heterocycles. The van der Waals surface area contributed by atoms with Crippen LogP contribution in [0, 0.1) is 4.77 Å². The van der Waals surface area contributed by atoms with Crippen LogP contribution < -0.4 is 0 Å². The van der Waals surface area contributed by atoms with E-state index in [2.05, 4.69) is 34.3 Å². The topological polar surface area (TPSA) is 33.6 Å². The molecule has 0 aliphatic carbocycles. The van der Waals surface area contributed by atoms with Crippen molar-refractivity contribution in [2.24, 2.45) is 7.05 Å². The maximum absolute atomic E-state index is 5.03. The first-order chi connectivity index (χ1) is 7.25. The molecule has 1 N–H and O–H groups in total. The second-order valence-electron chi connectivity index (χ2n) is 3.50. The molecule has 1 aromatic carbocycles. The lowest BCUT2D eigenvalue weighted by Crippen LogP contribution is -1.95. The van der Waals surface area contributed by atoms with Gasteiger partial charge in [-0.3, -0.25) is 9.78 Å². The normalized spacial score (nSPS) is 10.5. The summed E-state index contributed by atoms with van der Waals surface area (Å²) < 4.78 is 2.37. The van der Waals surface area contributed by atoms with E-state index in [1.807, 2.05) is 13.1 Å². The highest BCUT2D eigenvalue weighted by Gasteiger charge is 1.99. The molecule has 1 heterocycles. The van der Waals surface area contributed by atoms with Crippen molar-refractivity contribution < 1.29 is 0 Å². The molecule has 0 bridgehead atoms. The summed E-state index contributed by atoms with van der Waals surface area (Å²) in [6.07, 6.45) is 1.89. The zero-order valence-electron chi connectivity index (χ0n) is 8.60. The summed E-state index contributed by atoms with van der Waals surface area (Å²) in [5.74, 6) is 0.950. The van der Waals surface area contributed by atoms with Crippen molar-refractivity contribution in [2.45, 2.75) is 12.8 Å². The average Bonchev–Trinajstić information content (AvgIpc) is 2.57. The third kappa shape index (κ3) is 2.53.